The maximum Gasteiger partial charge on any atom is 0.345 e. The third-order valence-electron chi connectivity index (χ3n) is 3.01. The van der Waals surface area contributed by atoms with Crippen molar-refractivity contribution in [1.82, 2.24) is 0 Å². The standard InChI is InChI=1S/C16H18O2S2/c1-16(2,3)12-6-4-11(5-7-12)9-19-13-8-14(15(17)18)20-10-13/h4-8,10H,9H2,1-3H3,(H,17,18). The molecule has 2 nitrogen and oxygen atoms in total. The van der Waals surface area contributed by atoms with E-state index >= 15 is 0 Å². The molecule has 0 saturated carbocycles. The molecule has 106 valence electrons. The van der Waals surface area contributed by atoms with Gasteiger partial charge in [-0.1, -0.05) is 45.0 Å². The number of aromatic carboxylic acids is 1. The second-order valence-electron chi connectivity index (χ2n) is 5.69. The van der Waals surface area contributed by atoms with Crippen molar-refractivity contribution in [2.24, 2.45) is 0 Å². The summed E-state index contributed by atoms with van der Waals surface area (Å²) in [4.78, 5) is 12.2. The first-order valence-electron chi connectivity index (χ1n) is 6.40. The van der Waals surface area contributed by atoms with Gasteiger partial charge in [0.2, 0.25) is 0 Å². The number of carbonyl (C=O) groups is 1. The van der Waals surface area contributed by atoms with Gasteiger partial charge < -0.3 is 5.11 Å². The molecule has 4 heteroatoms. The molecule has 0 amide bonds. The zero-order valence-corrected chi connectivity index (χ0v) is 13.5. The molecule has 1 aromatic carbocycles. The van der Waals surface area contributed by atoms with E-state index in [4.69, 9.17) is 5.11 Å². The number of hydrogen-bond donors (Lipinski definition) is 1. The molecule has 0 bridgehead atoms. The fourth-order valence-electron chi connectivity index (χ4n) is 1.77. The van der Waals surface area contributed by atoms with Crippen molar-refractivity contribution in [1.29, 1.82) is 0 Å². The highest BCUT2D eigenvalue weighted by atomic mass is 32.2. The smallest absolute Gasteiger partial charge is 0.345 e. The van der Waals surface area contributed by atoms with E-state index < -0.39 is 5.97 Å². The van der Waals surface area contributed by atoms with Crippen LogP contribution in [-0.2, 0) is 11.2 Å². The monoisotopic (exact) mass is 306 g/mol. The summed E-state index contributed by atoms with van der Waals surface area (Å²) in [5, 5.41) is 10.8. The molecule has 0 saturated heterocycles. The van der Waals surface area contributed by atoms with Gasteiger partial charge in [0.05, 0.1) is 0 Å². The number of carboxylic acids is 1. The number of benzene rings is 1. The van der Waals surface area contributed by atoms with Crippen molar-refractivity contribution in [3.05, 3.63) is 51.7 Å². The lowest BCUT2D eigenvalue weighted by molar-refractivity contribution is 0.0702. The predicted octanol–water partition coefficient (Wildman–Crippen LogP) is 5.04. The Labute approximate surface area is 127 Å². The van der Waals surface area contributed by atoms with Crippen molar-refractivity contribution in [3.8, 4) is 0 Å². The van der Waals surface area contributed by atoms with Gasteiger partial charge in [0.15, 0.2) is 0 Å². The van der Waals surface area contributed by atoms with Crippen LogP contribution >= 0.6 is 23.1 Å². The maximum absolute atomic E-state index is 10.8. The van der Waals surface area contributed by atoms with Crippen LogP contribution in [0.15, 0.2) is 40.6 Å². The molecule has 0 aliphatic rings. The summed E-state index contributed by atoms with van der Waals surface area (Å²) in [5.41, 5.74) is 2.76. The van der Waals surface area contributed by atoms with E-state index in [0.29, 0.717) is 4.88 Å². The fraction of sp³-hybridized carbons (Fsp3) is 0.312. The van der Waals surface area contributed by atoms with Gasteiger partial charge >= 0.3 is 5.97 Å². The molecule has 1 N–H and O–H groups in total. The minimum atomic E-state index is -0.851. The summed E-state index contributed by atoms with van der Waals surface area (Å²) in [7, 11) is 0. The second-order valence-corrected chi connectivity index (χ2v) is 7.65. The molecular weight excluding hydrogens is 288 g/mol. The van der Waals surface area contributed by atoms with Crippen molar-refractivity contribution < 1.29 is 9.90 Å². The number of rotatable bonds is 4. The molecule has 0 spiro atoms. The number of hydrogen-bond acceptors (Lipinski definition) is 3. The number of thiophene rings is 1. The van der Waals surface area contributed by atoms with Crippen LogP contribution in [0.25, 0.3) is 0 Å². The number of thioether (sulfide) groups is 1. The first kappa shape index (κ1) is 15.1. The summed E-state index contributed by atoms with van der Waals surface area (Å²) >= 11 is 2.95. The molecule has 0 atom stereocenters. The highest BCUT2D eigenvalue weighted by Gasteiger charge is 2.13. The van der Waals surface area contributed by atoms with Crippen LogP contribution in [0.3, 0.4) is 0 Å². The van der Waals surface area contributed by atoms with Crippen LogP contribution in [0.1, 0.15) is 41.6 Å². The van der Waals surface area contributed by atoms with Gasteiger partial charge in [-0.25, -0.2) is 4.79 Å². The lowest BCUT2D eigenvalue weighted by Gasteiger charge is -2.19. The van der Waals surface area contributed by atoms with Crippen LogP contribution in [0.2, 0.25) is 0 Å². The summed E-state index contributed by atoms with van der Waals surface area (Å²) in [5.74, 6) is 0.0108. The van der Waals surface area contributed by atoms with E-state index in [1.54, 1.807) is 17.8 Å². The number of carboxylic acid groups (broad SMARTS) is 1. The largest absolute Gasteiger partial charge is 0.477 e. The lowest BCUT2D eigenvalue weighted by atomic mass is 9.87. The predicted molar refractivity (Wildman–Crippen MR) is 86.0 cm³/mol. The molecular formula is C16H18O2S2. The van der Waals surface area contributed by atoms with Crippen molar-refractivity contribution in [3.63, 3.8) is 0 Å². The van der Waals surface area contributed by atoms with Crippen molar-refractivity contribution >= 4 is 29.1 Å². The van der Waals surface area contributed by atoms with E-state index in [2.05, 4.69) is 45.0 Å². The molecule has 0 radical (unpaired) electrons. The Hall–Kier alpha value is -1.26. The minimum Gasteiger partial charge on any atom is -0.477 e. The van der Waals surface area contributed by atoms with Crippen LogP contribution in [0, 0.1) is 0 Å². The Kier molecular flexibility index (Phi) is 4.55. The highest BCUT2D eigenvalue weighted by molar-refractivity contribution is 7.98. The van der Waals surface area contributed by atoms with E-state index in [9.17, 15) is 4.79 Å². The van der Waals surface area contributed by atoms with Gasteiger partial charge in [-0.05, 0) is 22.6 Å². The van der Waals surface area contributed by atoms with Crippen LogP contribution in [0.4, 0.5) is 0 Å². The maximum atomic E-state index is 10.8. The van der Waals surface area contributed by atoms with Crippen molar-refractivity contribution in [2.45, 2.75) is 36.8 Å². The Morgan fingerprint density at radius 2 is 1.90 bits per heavy atom. The van der Waals surface area contributed by atoms with Gasteiger partial charge in [-0.15, -0.1) is 23.1 Å². The highest BCUT2D eigenvalue weighted by Crippen LogP contribution is 2.29. The first-order chi connectivity index (χ1) is 9.36. The molecule has 0 unspecified atom stereocenters. The lowest BCUT2D eigenvalue weighted by Crippen LogP contribution is -2.10. The Bertz CT molecular complexity index is 592. The molecule has 20 heavy (non-hydrogen) atoms. The summed E-state index contributed by atoms with van der Waals surface area (Å²) in [6, 6.07) is 10.4. The first-order valence-corrected chi connectivity index (χ1v) is 8.27. The van der Waals surface area contributed by atoms with Crippen LogP contribution in [0.5, 0.6) is 0 Å². The Morgan fingerprint density at radius 3 is 2.40 bits per heavy atom. The van der Waals surface area contributed by atoms with E-state index in [0.717, 1.165) is 10.6 Å². The van der Waals surface area contributed by atoms with Crippen LogP contribution in [-0.4, -0.2) is 11.1 Å². The zero-order chi connectivity index (χ0) is 14.8. The fourth-order valence-corrected chi connectivity index (χ4v) is 3.60. The van der Waals surface area contributed by atoms with Gasteiger partial charge in [-0.2, -0.15) is 0 Å². The molecule has 2 aromatic rings. The average Bonchev–Trinajstić information content (AvgIpc) is 2.85. The quantitative estimate of drug-likeness (QED) is 0.804. The molecule has 1 aromatic heterocycles. The molecule has 0 aliphatic carbocycles. The van der Waals surface area contributed by atoms with Crippen LogP contribution < -0.4 is 0 Å². The van der Waals surface area contributed by atoms with E-state index in [1.807, 2.05) is 5.38 Å². The van der Waals surface area contributed by atoms with Gasteiger partial charge in [0.25, 0.3) is 0 Å². The Morgan fingerprint density at radius 1 is 1.25 bits per heavy atom. The SMILES string of the molecule is CC(C)(C)c1ccc(CSc2csc(C(=O)O)c2)cc1. The average molecular weight is 306 g/mol. The molecule has 0 aliphatic heterocycles. The molecule has 1 heterocycles. The van der Waals surface area contributed by atoms with Gasteiger partial charge in [-0.3, -0.25) is 0 Å². The third kappa shape index (κ3) is 3.87. The van der Waals surface area contributed by atoms with E-state index in [1.165, 1.54) is 22.5 Å². The van der Waals surface area contributed by atoms with E-state index in [-0.39, 0.29) is 5.41 Å². The minimum absolute atomic E-state index is 0.176. The van der Waals surface area contributed by atoms with Crippen molar-refractivity contribution in [2.75, 3.05) is 0 Å². The summed E-state index contributed by atoms with van der Waals surface area (Å²) < 4.78 is 0. The molecule has 2 rings (SSSR count). The second kappa shape index (κ2) is 6.02. The van der Waals surface area contributed by atoms with Gasteiger partial charge in [0.1, 0.15) is 4.88 Å². The summed E-state index contributed by atoms with van der Waals surface area (Å²) in [6.45, 7) is 6.61. The zero-order valence-electron chi connectivity index (χ0n) is 11.8. The molecule has 0 fully saturated rings. The summed E-state index contributed by atoms with van der Waals surface area (Å²) in [6.07, 6.45) is 0. The van der Waals surface area contributed by atoms with Gasteiger partial charge in [0, 0.05) is 16.0 Å². The normalized spacial score (nSPS) is 11.6. The topological polar surface area (TPSA) is 37.3 Å². The Balaban J connectivity index is 1.98. The third-order valence-corrected chi connectivity index (χ3v) is 5.13.